The maximum absolute atomic E-state index is 13.4. The molecule has 0 radical (unpaired) electrons. The van der Waals surface area contributed by atoms with Crippen LogP contribution in [0.2, 0.25) is 0 Å². The van der Waals surface area contributed by atoms with Crippen LogP contribution in [-0.2, 0) is 4.79 Å². The lowest BCUT2D eigenvalue weighted by Gasteiger charge is -2.32. The van der Waals surface area contributed by atoms with Crippen molar-refractivity contribution in [1.29, 1.82) is 0 Å². The third-order valence-electron chi connectivity index (χ3n) is 7.08. The van der Waals surface area contributed by atoms with Crippen LogP contribution in [-0.4, -0.2) is 46.9 Å². The number of fused-ring (bicyclic) bond motifs is 1. The summed E-state index contributed by atoms with van der Waals surface area (Å²) >= 11 is 0. The fourth-order valence-corrected chi connectivity index (χ4v) is 5.17. The number of rotatable bonds is 4. The van der Waals surface area contributed by atoms with Gasteiger partial charge in [0.05, 0.1) is 11.3 Å². The van der Waals surface area contributed by atoms with Gasteiger partial charge in [0.25, 0.3) is 5.91 Å². The van der Waals surface area contributed by atoms with Gasteiger partial charge < -0.3 is 16.0 Å². The fraction of sp³-hybridized carbons (Fsp3) is 0.458. The molecule has 2 heterocycles. The number of nitrogens with two attached hydrogens (primary N) is 1. The second kappa shape index (κ2) is 8.04. The van der Waals surface area contributed by atoms with Crippen LogP contribution < -0.4 is 11.1 Å². The molecule has 2 aromatic rings. The van der Waals surface area contributed by atoms with E-state index in [9.17, 15) is 14.0 Å². The molecule has 0 bridgehead atoms. The highest BCUT2D eigenvalue weighted by Crippen LogP contribution is 2.44. The average Bonchev–Trinajstić information content (AvgIpc) is 3.18. The second-order valence-corrected chi connectivity index (χ2v) is 9.12. The maximum atomic E-state index is 13.4. The van der Waals surface area contributed by atoms with Gasteiger partial charge in [-0.05, 0) is 55.4 Å². The van der Waals surface area contributed by atoms with E-state index in [1.165, 1.54) is 18.3 Å². The second-order valence-electron chi connectivity index (χ2n) is 9.12. The molecule has 5 rings (SSSR count). The Morgan fingerprint density at radius 3 is 2.65 bits per heavy atom. The standard InChI is InChI=1S/C24H27FN4O2/c25-17-5-1-3-14(9-17)21-8-7-16(11-27-21)23(30)28-18-6-2-4-15(10-18)24(31)29-12-19-20(13-29)22(19)26/h1,3,5,7-9,11,15,18-20,22H,2,4,6,10,12-13,26H2,(H,28,30)/t15-,18+,19-,20+,22+/m0/s1. The molecule has 3 fully saturated rings. The smallest absolute Gasteiger partial charge is 0.253 e. The molecule has 1 aromatic heterocycles. The minimum Gasteiger partial charge on any atom is -0.349 e. The van der Waals surface area contributed by atoms with E-state index in [1.54, 1.807) is 24.3 Å². The van der Waals surface area contributed by atoms with Crippen molar-refractivity contribution < 1.29 is 14.0 Å². The SMILES string of the molecule is N[C@@H]1[C@H]2CN(C(=O)[C@H]3CCC[C@@H](NC(=O)c4ccc(-c5cccc(F)c5)nc4)C3)C[C@@H]12. The molecule has 31 heavy (non-hydrogen) atoms. The Morgan fingerprint density at radius 2 is 1.94 bits per heavy atom. The number of hydrogen-bond acceptors (Lipinski definition) is 4. The van der Waals surface area contributed by atoms with Crippen LogP contribution in [0.15, 0.2) is 42.6 Å². The summed E-state index contributed by atoms with van der Waals surface area (Å²) in [4.78, 5) is 31.9. The molecule has 1 aromatic carbocycles. The van der Waals surface area contributed by atoms with Crippen molar-refractivity contribution in [3.63, 3.8) is 0 Å². The van der Waals surface area contributed by atoms with Gasteiger partial charge in [-0.15, -0.1) is 0 Å². The minimum absolute atomic E-state index is 0.0162. The van der Waals surface area contributed by atoms with Crippen molar-refractivity contribution in [1.82, 2.24) is 15.2 Å². The Morgan fingerprint density at radius 1 is 1.13 bits per heavy atom. The number of benzene rings is 1. The third kappa shape index (κ3) is 4.06. The zero-order valence-corrected chi connectivity index (χ0v) is 17.3. The molecule has 6 nitrogen and oxygen atoms in total. The van der Waals surface area contributed by atoms with Gasteiger partial charge in [-0.3, -0.25) is 14.6 Å². The molecule has 1 aliphatic heterocycles. The predicted molar refractivity (Wildman–Crippen MR) is 114 cm³/mol. The topological polar surface area (TPSA) is 88.3 Å². The van der Waals surface area contributed by atoms with Crippen LogP contribution in [0.3, 0.4) is 0 Å². The van der Waals surface area contributed by atoms with Crippen LogP contribution >= 0.6 is 0 Å². The van der Waals surface area contributed by atoms with Gasteiger partial charge in [-0.25, -0.2) is 4.39 Å². The largest absolute Gasteiger partial charge is 0.349 e. The van der Waals surface area contributed by atoms with Crippen molar-refractivity contribution in [2.45, 2.75) is 37.8 Å². The number of nitrogens with zero attached hydrogens (tertiary/aromatic N) is 2. The Hall–Kier alpha value is -2.80. The Labute approximate surface area is 181 Å². The van der Waals surface area contributed by atoms with Gasteiger partial charge >= 0.3 is 0 Å². The van der Waals surface area contributed by atoms with Crippen molar-refractivity contribution in [2.24, 2.45) is 23.5 Å². The Bertz CT molecular complexity index is 983. The van der Waals surface area contributed by atoms with E-state index in [0.717, 1.165) is 32.4 Å². The molecule has 7 heteroatoms. The van der Waals surface area contributed by atoms with E-state index < -0.39 is 0 Å². The van der Waals surface area contributed by atoms with E-state index in [1.807, 2.05) is 4.90 Å². The van der Waals surface area contributed by atoms with E-state index in [0.29, 0.717) is 35.1 Å². The van der Waals surface area contributed by atoms with Crippen LogP contribution in [0, 0.1) is 23.6 Å². The van der Waals surface area contributed by atoms with Gasteiger partial charge in [0.1, 0.15) is 5.82 Å². The summed E-state index contributed by atoms with van der Waals surface area (Å²) in [5, 5.41) is 3.07. The first-order valence-corrected chi connectivity index (χ1v) is 11.1. The van der Waals surface area contributed by atoms with E-state index in [2.05, 4.69) is 10.3 Å². The van der Waals surface area contributed by atoms with E-state index in [4.69, 9.17) is 5.73 Å². The molecule has 1 saturated heterocycles. The Kier molecular flexibility index (Phi) is 5.22. The molecule has 2 amide bonds. The lowest BCUT2D eigenvalue weighted by Crippen LogP contribution is -2.44. The number of pyridine rings is 1. The number of hydrogen-bond donors (Lipinski definition) is 2. The number of carbonyl (C=O) groups excluding carboxylic acids is 2. The van der Waals surface area contributed by atoms with Gasteiger partial charge in [0, 0.05) is 42.9 Å². The summed E-state index contributed by atoms with van der Waals surface area (Å²) < 4.78 is 13.4. The average molecular weight is 423 g/mol. The molecule has 2 saturated carbocycles. The first kappa shape index (κ1) is 20.1. The number of halogens is 1. The molecule has 3 aliphatic rings. The number of likely N-dealkylation sites (tertiary alicyclic amines) is 1. The van der Waals surface area contributed by atoms with E-state index >= 15 is 0 Å². The molecular formula is C24H27FN4O2. The summed E-state index contributed by atoms with van der Waals surface area (Å²) in [6, 6.07) is 9.90. The first-order chi connectivity index (χ1) is 15.0. The quantitative estimate of drug-likeness (QED) is 0.793. The van der Waals surface area contributed by atoms with Gasteiger partial charge in [0.2, 0.25) is 5.91 Å². The lowest BCUT2D eigenvalue weighted by atomic mass is 9.84. The number of piperidine rings is 1. The zero-order chi connectivity index (χ0) is 21.5. The van der Waals surface area contributed by atoms with Crippen molar-refractivity contribution >= 4 is 11.8 Å². The van der Waals surface area contributed by atoms with Crippen LogP contribution in [0.5, 0.6) is 0 Å². The minimum atomic E-state index is -0.323. The number of aromatic nitrogens is 1. The summed E-state index contributed by atoms with van der Waals surface area (Å²) in [7, 11) is 0. The molecule has 162 valence electrons. The summed E-state index contributed by atoms with van der Waals surface area (Å²) in [6.45, 7) is 1.59. The number of nitrogens with one attached hydrogen (secondary N) is 1. The predicted octanol–water partition coefficient (Wildman–Crippen LogP) is 2.59. The maximum Gasteiger partial charge on any atom is 0.253 e. The molecular weight excluding hydrogens is 395 g/mol. The molecule has 5 atom stereocenters. The van der Waals surface area contributed by atoms with Gasteiger partial charge in [-0.2, -0.15) is 0 Å². The number of carbonyl (C=O) groups is 2. The van der Waals surface area contributed by atoms with Gasteiger partial charge in [-0.1, -0.05) is 18.6 Å². The zero-order valence-electron chi connectivity index (χ0n) is 17.3. The highest BCUT2D eigenvalue weighted by Gasteiger charge is 2.55. The Balaban J connectivity index is 1.18. The number of amides is 2. The molecule has 3 N–H and O–H groups in total. The van der Waals surface area contributed by atoms with Crippen molar-refractivity contribution in [3.05, 3.63) is 54.0 Å². The highest BCUT2D eigenvalue weighted by atomic mass is 19.1. The van der Waals surface area contributed by atoms with Crippen LogP contribution in [0.25, 0.3) is 11.3 Å². The molecule has 0 unspecified atom stereocenters. The monoisotopic (exact) mass is 422 g/mol. The molecule has 0 spiro atoms. The normalized spacial score (nSPS) is 29.4. The van der Waals surface area contributed by atoms with E-state index in [-0.39, 0.29) is 35.6 Å². The van der Waals surface area contributed by atoms with Crippen molar-refractivity contribution in [2.75, 3.05) is 13.1 Å². The van der Waals surface area contributed by atoms with Gasteiger partial charge in [0.15, 0.2) is 0 Å². The summed E-state index contributed by atoms with van der Waals surface area (Å²) in [5.41, 5.74) is 7.73. The summed E-state index contributed by atoms with van der Waals surface area (Å²) in [6.07, 6.45) is 4.88. The van der Waals surface area contributed by atoms with Crippen LogP contribution in [0.1, 0.15) is 36.0 Å². The molecule has 2 aliphatic carbocycles. The lowest BCUT2D eigenvalue weighted by molar-refractivity contribution is -0.136. The first-order valence-electron chi connectivity index (χ1n) is 11.1. The van der Waals surface area contributed by atoms with Crippen molar-refractivity contribution in [3.8, 4) is 11.3 Å². The fourth-order valence-electron chi connectivity index (χ4n) is 5.17. The summed E-state index contributed by atoms with van der Waals surface area (Å²) in [5.74, 6) is 0.665. The van der Waals surface area contributed by atoms with Crippen LogP contribution in [0.4, 0.5) is 4.39 Å². The third-order valence-corrected chi connectivity index (χ3v) is 7.08. The highest BCUT2D eigenvalue weighted by molar-refractivity contribution is 5.94.